The largest absolute Gasteiger partial charge is 0.369 e. The molecule has 0 atom stereocenters. The maximum Gasteiger partial charge on any atom is 0.231 e. The van der Waals surface area contributed by atoms with Crippen molar-refractivity contribution in [3.8, 4) is 0 Å². The molecule has 1 aromatic carbocycles. The number of anilines is 3. The second-order valence-electron chi connectivity index (χ2n) is 6.23. The third kappa shape index (κ3) is 4.90. The molecule has 0 unspecified atom stereocenters. The lowest BCUT2D eigenvalue weighted by molar-refractivity contribution is -0.119. The van der Waals surface area contributed by atoms with Gasteiger partial charge in [-0.3, -0.25) is 9.69 Å². The molecular formula is C18H24N6O. The third-order valence-electron chi connectivity index (χ3n) is 4.16. The molecule has 7 nitrogen and oxygen atoms in total. The fourth-order valence-electron chi connectivity index (χ4n) is 3.03. The van der Waals surface area contributed by atoms with Crippen molar-refractivity contribution in [3.05, 3.63) is 42.2 Å². The molecule has 1 saturated heterocycles. The molecule has 0 spiro atoms. The van der Waals surface area contributed by atoms with Crippen molar-refractivity contribution in [3.63, 3.8) is 0 Å². The molecule has 0 radical (unpaired) electrons. The Morgan fingerprint density at radius 3 is 2.72 bits per heavy atom. The summed E-state index contributed by atoms with van der Waals surface area (Å²) in [5, 5.41) is 3.33. The predicted octanol–water partition coefficient (Wildman–Crippen LogP) is 1.53. The van der Waals surface area contributed by atoms with Crippen LogP contribution in [0.2, 0.25) is 0 Å². The molecule has 1 aromatic heterocycles. The topological polar surface area (TPSA) is 87.4 Å². The summed E-state index contributed by atoms with van der Waals surface area (Å²) in [5.41, 5.74) is 6.31. The van der Waals surface area contributed by atoms with Crippen LogP contribution in [0.1, 0.15) is 12.2 Å². The Labute approximate surface area is 147 Å². The Morgan fingerprint density at radius 1 is 1.16 bits per heavy atom. The van der Waals surface area contributed by atoms with Crippen molar-refractivity contribution in [2.24, 2.45) is 5.73 Å². The molecular weight excluding hydrogens is 316 g/mol. The van der Waals surface area contributed by atoms with Crippen molar-refractivity contribution < 1.29 is 4.79 Å². The summed E-state index contributed by atoms with van der Waals surface area (Å²) in [6.45, 7) is 5.60. The third-order valence-corrected chi connectivity index (χ3v) is 4.16. The molecule has 0 bridgehead atoms. The van der Waals surface area contributed by atoms with Crippen LogP contribution in [0.4, 0.5) is 17.3 Å². The van der Waals surface area contributed by atoms with E-state index in [1.54, 1.807) is 0 Å². The van der Waals surface area contributed by atoms with Gasteiger partial charge in [-0.1, -0.05) is 18.2 Å². The minimum Gasteiger partial charge on any atom is -0.369 e. The van der Waals surface area contributed by atoms with E-state index in [4.69, 9.17) is 5.73 Å². The number of aryl methyl sites for hydroxylation is 1. The van der Waals surface area contributed by atoms with E-state index in [1.807, 2.05) is 43.3 Å². The molecule has 1 aliphatic heterocycles. The Balaban J connectivity index is 1.72. The van der Waals surface area contributed by atoms with Crippen LogP contribution >= 0.6 is 0 Å². The lowest BCUT2D eigenvalue weighted by atomic mass is 10.3. The summed E-state index contributed by atoms with van der Waals surface area (Å²) < 4.78 is 0. The molecule has 0 saturated carbocycles. The van der Waals surface area contributed by atoms with E-state index in [9.17, 15) is 4.79 Å². The lowest BCUT2D eigenvalue weighted by Gasteiger charge is -2.23. The zero-order valence-electron chi connectivity index (χ0n) is 14.5. The van der Waals surface area contributed by atoms with Crippen molar-refractivity contribution in [2.45, 2.75) is 13.3 Å². The van der Waals surface area contributed by atoms with Crippen LogP contribution < -0.4 is 16.0 Å². The predicted molar refractivity (Wildman–Crippen MR) is 99.0 cm³/mol. The number of carbonyl (C=O) groups excluding carboxylic acids is 1. The summed E-state index contributed by atoms with van der Waals surface area (Å²) in [6, 6.07) is 11.9. The number of benzene rings is 1. The first kappa shape index (κ1) is 17.2. The fourth-order valence-corrected chi connectivity index (χ4v) is 3.03. The summed E-state index contributed by atoms with van der Waals surface area (Å²) in [4.78, 5) is 24.5. The number of aromatic nitrogens is 2. The molecule has 3 N–H and O–H groups in total. The van der Waals surface area contributed by atoms with E-state index in [-0.39, 0.29) is 5.91 Å². The number of rotatable bonds is 5. The maximum absolute atomic E-state index is 11.1. The number of primary amides is 1. The van der Waals surface area contributed by atoms with Gasteiger partial charge in [-0.25, -0.2) is 9.97 Å². The number of nitrogens with one attached hydrogen (secondary N) is 1. The number of para-hydroxylation sites is 1. The smallest absolute Gasteiger partial charge is 0.231 e. The molecule has 25 heavy (non-hydrogen) atoms. The number of carbonyl (C=O) groups is 1. The first-order valence-corrected chi connectivity index (χ1v) is 8.53. The second kappa shape index (κ2) is 7.94. The van der Waals surface area contributed by atoms with Crippen molar-refractivity contribution >= 4 is 23.2 Å². The molecule has 2 heterocycles. The Hall–Kier alpha value is -2.67. The van der Waals surface area contributed by atoms with Crippen molar-refractivity contribution in [1.82, 2.24) is 14.9 Å². The van der Waals surface area contributed by atoms with Crippen molar-refractivity contribution in [2.75, 3.05) is 42.9 Å². The lowest BCUT2D eigenvalue weighted by Crippen LogP contribution is -2.36. The minimum absolute atomic E-state index is 0.277. The SMILES string of the molecule is Cc1nc(Nc2ccccc2)cc(N2CCCN(CC(N)=O)CC2)n1. The summed E-state index contributed by atoms with van der Waals surface area (Å²) in [6.07, 6.45) is 0.970. The zero-order chi connectivity index (χ0) is 17.6. The molecule has 1 fully saturated rings. The average molecular weight is 340 g/mol. The number of hydrogen-bond acceptors (Lipinski definition) is 6. The van der Waals surface area contributed by atoms with Gasteiger partial charge >= 0.3 is 0 Å². The Bertz CT molecular complexity index is 721. The first-order valence-electron chi connectivity index (χ1n) is 8.53. The van der Waals surface area contributed by atoms with Gasteiger partial charge < -0.3 is 16.0 Å². The molecule has 1 amide bonds. The van der Waals surface area contributed by atoms with E-state index in [1.165, 1.54) is 0 Å². The number of nitrogens with zero attached hydrogens (tertiary/aromatic N) is 4. The van der Waals surface area contributed by atoms with E-state index < -0.39 is 0 Å². The van der Waals surface area contributed by atoms with Gasteiger partial charge in [0.25, 0.3) is 0 Å². The highest BCUT2D eigenvalue weighted by Gasteiger charge is 2.18. The Morgan fingerprint density at radius 2 is 1.96 bits per heavy atom. The quantitative estimate of drug-likeness (QED) is 0.858. The Kier molecular flexibility index (Phi) is 5.45. The number of hydrogen-bond donors (Lipinski definition) is 2. The molecule has 0 aliphatic carbocycles. The van der Waals surface area contributed by atoms with Crippen LogP contribution in [0.3, 0.4) is 0 Å². The van der Waals surface area contributed by atoms with Crippen LogP contribution in [-0.4, -0.2) is 53.5 Å². The van der Waals surface area contributed by atoms with Crippen LogP contribution in [0, 0.1) is 6.92 Å². The highest BCUT2D eigenvalue weighted by molar-refractivity contribution is 5.75. The highest BCUT2D eigenvalue weighted by Crippen LogP contribution is 2.20. The maximum atomic E-state index is 11.1. The van der Waals surface area contributed by atoms with Gasteiger partial charge in [-0.15, -0.1) is 0 Å². The van der Waals surface area contributed by atoms with Crippen LogP contribution in [-0.2, 0) is 4.79 Å². The number of amides is 1. The minimum atomic E-state index is -0.277. The van der Waals surface area contributed by atoms with Gasteiger partial charge in [0.1, 0.15) is 17.5 Å². The zero-order valence-corrected chi connectivity index (χ0v) is 14.5. The van der Waals surface area contributed by atoms with Gasteiger partial charge in [0, 0.05) is 37.9 Å². The molecule has 2 aromatic rings. The van der Waals surface area contributed by atoms with Crippen LogP contribution in [0.15, 0.2) is 36.4 Å². The summed E-state index contributed by atoms with van der Waals surface area (Å²) in [5.74, 6) is 2.15. The van der Waals surface area contributed by atoms with Gasteiger partial charge in [-0.05, 0) is 25.5 Å². The van der Waals surface area contributed by atoms with E-state index in [0.29, 0.717) is 6.54 Å². The van der Waals surface area contributed by atoms with Gasteiger partial charge in [0.2, 0.25) is 5.91 Å². The van der Waals surface area contributed by atoms with Crippen molar-refractivity contribution in [1.29, 1.82) is 0 Å². The first-order chi connectivity index (χ1) is 12.1. The van der Waals surface area contributed by atoms with E-state index in [0.717, 1.165) is 55.7 Å². The van der Waals surface area contributed by atoms with E-state index >= 15 is 0 Å². The summed E-state index contributed by atoms with van der Waals surface area (Å²) in [7, 11) is 0. The monoisotopic (exact) mass is 340 g/mol. The van der Waals surface area contributed by atoms with Gasteiger partial charge in [0.05, 0.1) is 6.54 Å². The molecule has 7 heteroatoms. The standard InChI is InChI=1S/C18H24N6O/c1-14-20-17(22-15-6-3-2-4-7-15)12-18(21-14)24-9-5-8-23(10-11-24)13-16(19)25/h2-4,6-7,12H,5,8-11,13H2,1H3,(H2,19,25)(H,20,21,22). The molecule has 1 aliphatic rings. The van der Waals surface area contributed by atoms with Crippen LogP contribution in [0.5, 0.6) is 0 Å². The fraction of sp³-hybridized carbons (Fsp3) is 0.389. The summed E-state index contributed by atoms with van der Waals surface area (Å²) >= 11 is 0. The van der Waals surface area contributed by atoms with Crippen LogP contribution in [0.25, 0.3) is 0 Å². The van der Waals surface area contributed by atoms with E-state index in [2.05, 4.69) is 25.1 Å². The molecule has 132 valence electrons. The normalized spacial score (nSPS) is 15.6. The second-order valence-corrected chi connectivity index (χ2v) is 6.23. The molecule has 3 rings (SSSR count). The van der Waals surface area contributed by atoms with Gasteiger partial charge in [0.15, 0.2) is 0 Å². The number of nitrogens with two attached hydrogens (primary N) is 1. The average Bonchev–Trinajstić information content (AvgIpc) is 2.80. The highest BCUT2D eigenvalue weighted by atomic mass is 16.1. The van der Waals surface area contributed by atoms with Gasteiger partial charge in [-0.2, -0.15) is 0 Å².